The van der Waals surface area contributed by atoms with Crippen LogP contribution in [0.4, 0.5) is 0 Å². The van der Waals surface area contributed by atoms with Gasteiger partial charge in [0, 0.05) is 23.3 Å². The third-order valence-corrected chi connectivity index (χ3v) is 4.61. The van der Waals surface area contributed by atoms with Gasteiger partial charge in [0.2, 0.25) is 0 Å². The predicted molar refractivity (Wildman–Crippen MR) is 72.7 cm³/mol. The molecule has 0 aliphatic carbocycles. The fourth-order valence-electron chi connectivity index (χ4n) is 1.76. The molecule has 0 saturated carbocycles. The summed E-state index contributed by atoms with van der Waals surface area (Å²) in [6.07, 6.45) is 12.7. The number of hydrogen-bond acceptors (Lipinski definition) is 4. The molecule has 0 bridgehead atoms. The minimum atomic E-state index is 1.10. The summed E-state index contributed by atoms with van der Waals surface area (Å²) in [5.74, 6) is 1.28. The highest BCUT2D eigenvalue weighted by molar-refractivity contribution is 8.75. The Morgan fingerprint density at radius 2 is 1.27 bits per heavy atom. The molecule has 4 heteroatoms. The van der Waals surface area contributed by atoms with E-state index in [0.29, 0.717) is 0 Å². The summed E-state index contributed by atoms with van der Waals surface area (Å²) in [4.78, 5) is 3.18. The van der Waals surface area contributed by atoms with Gasteiger partial charge in [-0.2, -0.15) is 4.83 Å². The summed E-state index contributed by atoms with van der Waals surface area (Å²) in [5, 5.41) is 0. The number of hydrazine groups is 1. The van der Waals surface area contributed by atoms with Gasteiger partial charge in [0.25, 0.3) is 0 Å². The highest BCUT2D eigenvalue weighted by atomic mass is 33.1. The Labute approximate surface area is 102 Å². The minimum absolute atomic E-state index is 1.10. The second-order valence-electron chi connectivity index (χ2n) is 4.12. The molecule has 0 aromatic heterocycles. The Hall–Kier alpha value is 0.620. The lowest BCUT2D eigenvalue weighted by atomic mass is 10.1. The fourth-order valence-corrected chi connectivity index (χ4v) is 3.35. The molecule has 0 unspecified atom stereocenters. The molecule has 1 saturated heterocycles. The van der Waals surface area contributed by atoms with Crippen molar-refractivity contribution in [3.63, 3.8) is 0 Å². The van der Waals surface area contributed by atoms with Gasteiger partial charge in [0.15, 0.2) is 0 Å². The van der Waals surface area contributed by atoms with E-state index in [-0.39, 0.29) is 0 Å². The topological polar surface area (TPSA) is 24.1 Å². The number of rotatable bonds is 0. The quantitative estimate of drug-likeness (QED) is 0.501. The van der Waals surface area contributed by atoms with E-state index >= 15 is 0 Å². The zero-order valence-electron chi connectivity index (χ0n) is 9.59. The molecule has 0 atom stereocenters. The molecular formula is C11H24N2S2. The van der Waals surface area contributed by atoms with Gasteiger partial charge in [-0.05, 0) is 12.8 Å². The van der Waals surface area contributed by atoms with Crippen LogP contribution in [0, 0.1) is 0 Å². The lowest BCUT2D eigenvalue weighted by Gasteiger charge is -2.04. The Morgan fingerprint density at radius 1 is 0.667 bits per heavy atom. The zero-order chi connectivity index (χ0) is 10.6. The van der Waals surface area contributed by atoms with Gasteiger partial charge in [0.05, 0.1) is 0 Å². The monoisotopic (exact) mass is 248 g/mol. The van der Waals surface area contributed by atoms with E-state index in [0.717, 1.165) is 6.54 Å². The maximum atomic E-state index is 3.25. The molecule has 2 N–H and O–H groups in total. The molecule has 90 valence electrons. The summed E-state index contributed by atoms with van der Waals surface area (Å²) < 4.78 is 0. The average molecular weight is 248 g/mol. The summed E-state index contributed by atoms with van der Waals surface area (Å²) >= 11 is 0. The van der Waals surface area contributed by atoms with Gasteiger partial charge in [-0.3, -0.25) is 0 Å². The Bertz CT molecular complexity index is 75.2. The minimum Gasteiger partial charge on any atom is -0.247 e. The van der Waals surface area contributed by atoms with Crippen molar-refractivity contribution < 1.29 is 0 Å². The highest BCUT2D eigenvalue weighted by Crippen LogP contribution is 2.19. The van der Waals surface area contributed by atoms with Crippen LogP contribution in [0.2, 0.25) is 0 Å². The molecule has 15 heavy (non-hydrogen) atoms. The zero-order valence-corrected chi connectivity index (χ0v) is 11.2. The molecule has 0 radical (unpaired) electrons. The van der Waals surface area contributed by atoms with Crippen molar-refractivity contribution in [3.05, 3.63) is 0 Å². The highest BCUT2D eigenvalue weighted by Gasteiger charge is 1.95. The van der Waals surface area contributed by atoms with Gasteiger partial charge >= 0.3 is 0 Å². The summed E-state index contributed by atoms with van der Waals surface area (Å²) in [5.41, 5.74) is 3.25. The smallest absolute Gasteiger partial charge is 0.0109 e. The van der Waals surface area contributed by atoms with Gasteiger partial charge in [-0.25, -0.2) is 5.43 Å². The predicted octanol–water partition coefficient (Wildman–Crippen LogP) is 3.90. The van der Waals surface area contributed by atoms with Gasteiger partial charge in [-0.15, -0.1) is 0 Å². The second kappa shape index (κ2) is 11.1. The third-order valence-electron chi connectivity index (χ3n) is 2.70. The molecule has 1 rings (SSSR count). The van der Waals surface area contributed by atoms with E-state index in [1.807, 2.05) is 10.8 Å². The molecule has 1 fully saturated rings. The Morgan fingerprint density at radius 3 is 2.00 bits per heavy atom. The van der Waals surface area contributed by atoms with Crippen LogP contribution < -0.4 is 10.3 Å². The van der Waals surface area contributed by atoms with Crippen LogP contribution in [-0.4, -0.2) is 12.3 Å². The van der Waals surface area contributed by atoms with E-state index in [1.54, 1.807) is 11.0 Å². The normalized spacial score (nSPS) is 24.0. The Kier molecular flexibility index (Phi) is 10.1. The standard InChI is InChI=1S/C11H24N2S2/c1-2-4-6-8-10-12-13-15-14-11-9-7-5-3-1/h12-13H,1-11H2. The first-order valence-electron chi connectivity index (χ1n) is 6.26. The first kappa shape index (κ1) is 13.7. The van der Waals surface area contributed by atoms with Gasteiger partial charge < -0.3 is 0 Å². The first-order valence-corrected chi connectivity index (χ1v) is 8.58. The lowest BCUT2D eigenvalue weighted by Crippen LogP contribution is -2.25. The van der Waals surface area contributed by atoms with Crippen molar-refractivity contribution in [2.24, 2.45) is 0 Å². The maximum Gasteiger partial charge on any atom is 0.0109 e. The summed E-state index contributed by atoms with van der Waals surface area (Å²) in [6.45, 7) is 1.10. The molecule has 1 aliphatic heterocycles. The van der Waals surface area contributed by atoms with E-state index in [4.69, 9.17) is 0 Å². The van der Waals surface area contributed by atoms with Crippen molar-refractivity contribution in [1.29, 1.82) is 0 Å². The van der Waals surface area contributed by atoms with Crippen molar-refractivity contribution in [2.75, 3.05) is 12.3 Å². The number of hydrogen-bond donors (Lipinski definition) is 2. The van der Waals surface area contributed by atoms with Gasteiger partial charge in [0.1, 0.15) is 0 Å². The van der Waals surface area contributed by atoms with Crippen molar-refractivity contribution in [2.45, 2.75) is 57.8 Å². The van der Waals surface area contributed by atoms with Crippen molar-refractivity contribution in [1.82, 2.24) is 10.3 Å². The van der Waals surface area contributed by atoms with Crippen LogP contribution in [0.5, 0.6) is 0 Å². The molecular weight excluding hydrogens is 224 g/mol. The first-order chi connectivity index (χ1) is 7.50. The van der Waals surface area contributed by atoms with Crippen molar-refractivity contribution in [3.8, 4) is 0 Å². The second-order valence-corrected chi connectivity index (χ2v) is 6.34. The molecule has 0 amide bonds. The Balaban J connectivity index is 2.01. The molecule has 2 nitrogen and oxygen atoms in total. The fraction of sp³-hybridized carbons (Fsp3) is 1.00. The lowest BCUT2D eigenvalue weighted by molar-refractivity contribution is 0.548. The van der Waals surface area contributed by atoms with E-state index in [2.05, 4.69) is 10.3 Å². The molecule has 0 aromatic rings. The van der Waals surface area contributed by atoms with E-state index in [9.17, 15) is 0 Å². The summed E-state index contributed by atoms with van der Waals surface area (Å²) in [6, 6.07) is 0. The number of nitrogens with one attached hydrogen (secondary N) is 2. The van der Waals surface area contributed by atoms with Crippen LogP contribution in [-0.2, 0) is 0 Å². The van der Waals surface area contributed by atoms with Gasteiger partial charge in [-0.1, -0.05) is 55.7 Å². The van der Waals surface area contributed by atoms with Crippen LogP contribution >= 0.6 is 21.8 Å². The molecule has 0 aromatic carbocycles. The van der Waals surface area contributed by atoms with Crippen LogP contribution in [0.15, 0.2) is 0 Å². The SMILES string of the molecule is C1CCCCCNNSSCCCCC1. The van der Waals surface area contributed by atoms with Crippen LogP contribution in [0.25, 0.3) is 0 Å². The maximum absolute atomic E-state index is 3.25. The largest absolute Gasteiger partial charge is 0.247 e. The van der Waals surface area contributed by atoms with E-state index in [1.165, 1.54) is 63.5 Å². The van der Waals surface area contributed by atoms with Crippen molar-refractivity contribution >= 4 is 21.8 Å². The third kappa shape index (κ3) is 9.54. The van der Waals surface area contributed by atoms with Crippen LogP contribution in [0.3, 0.4) is 0 Å². The molecule has 1 heterocycles. The molecule has 1 aliphatic rings. The summed E-state index contributed by atoms with van der Waals surface area (Å²) in [7, 11) is 3.67. The van der Waals surface area contributed by atoms with E-state index < -0.39 is 0 Å². The molecule has 0 spiro atoms. The van der Waals surface area contributed by atoms with Crippen LogP contribution in [0.1, 0.15) is 57.8 Å². The average Bonchev–Trinajstić information content (AvgIpc) is 2.27.